The van der Waals surface area contributed by atoms with Crippen LogP contribution >= 0.6 is 0 Å². The third kappa shape index (κ3) is 4.26. The highest BCUT2D eigenvalue weighted by Crippen LogP contribution is 2.25. The molecule has 2 heteroatoms. The minimum Gasteiger partial charge on any atom is -0.317 e. The Balaban J connectivity index is 1.81. The van der Waals surface area contributed by atoms with E-state index in [-0.39, 0.29) is 0 Å². The van der Waals surface area contributed by atoms with Crippen LogP contribution in [-0.4, -0.2) is 37.1 Å². The smallest absolute Gasteiger partial charge is 0.00978 e. The lowest BCUT2D eigenvalue weighted by Crippen LogP contribution is -2.41. The van der Waals surface area contributed by atoms with Crippen molar-refractivity contribution in [3.63, 3.8) is 0 Å². The van der Waals surface area contributed by atoms with E-state index in [9.17, 15) is 0 Å². The highest BCUT2D eigenvalue weighted by Gasteiger charge is 2.24. The van der Waals surface area contributed by atoms with E-state index in [1.54, 1.807) is 0 Å². The Morgan fingerprint density at radius 1 is 1.12 bits per heavy atom. The van der Waals surface area contributed by atoms with Crippen LogP contribution in [0.1, 0.15) is 58.3 Å². The molecule has 0 spiro atoms. The van der Waals surface area contributed by atoms with Crippen molar-refractivity contribution in [2.24, 2.45) is 5.92 Å². The van der Waals surface area contributed by atoms with Gasteiger partial charge in [0.15, 0.2) is 0 Å². The summed E-state index contributed by atoms with van der Waals surface area (Å²) in [7, 11) is 0. The molecule has 2 heterocycles. The molecule has 2 aliphatic heterocycles. The molecule has 0 aromatic rings. The third-order valence-electron chi connectivity index (χ3n) is 4.59. The lowest BCUT2D eigenvalue weighted by atomic mass is 9.88. The molecule has 2 nitrogen and oxygen atoms in total. The predicted octanol–water partition coefficient (Wildman–Crippen LogP) is 3.03. The van der Waals surface area contributed by atoms with Gasteiger partial charge in [-0.15, -0.1) is 0 Å². The first-order chi connectivity index (χ1) is 8.40. The molecule has 100 valence electrons. The van der Waals surface area contributed by atoms with Crippen LogP contribution in [0.15, 0.2) is 0 Å². The molecule has 0 aromatic carbocycles. The Bertz CT molecular complexity index is 193. The Labute approximate surface area is 107 Å². The molecule has 0 radical (unpaired) electrons. The van der Waals surface area contributed by atoms with Crippen LogP contribution < -0.4 is 5.32 Å². The van der Waals surface area contributed by atoms with Crippen LogP contribution in [-0.2, 0) is 0 Å². The molecule has 17 heavy (non-hydrogen) atoms. The Morgan fingerprint density at radius 2 is 1.82 bits per heavy atom. The summed E-state index contributed by atoms with van der Waals surface area (Å²) in [5, 5.41) is 3.49. The summed E-state index contributed by atoms with van der Waals surface area (Å²) in [6.07, 6.45) is 11.4. The van der Waals surface area contributed by atoms with Gasteiger partial charge in [0.25, 0.3) is 0 Å². The number of likely N-dealkylation sites (tertiary alicyclic amines) is 1. The van der Waals surface area contributed by atoms with Crippen LogP contribution in [0.3, 0.4) is 0 Å². The Hall–Kier alpha value is -0.0800. The van der Waals surface area contributed by atoms with E-state index in [4.69, 9.17) is 0 Å². The molecule has 2 rings (SSSR count). The van der Waals surface area contributed by atoms with Gasteiger partial charge in [0.2, 0.25) is 0 Å². The van der Waals surface area contributed by atoms with E-state index in [0.29, 0.717) is 0 Å². The number of hydrogen-bond acceptors (Lipinski definition) is 2. The van der Waals surface area contributed by atoms with Crippen LogP contribution in [0.5, 0.6) is 0 Å². The summed E-state index contributed by atoms with van der Waals surface area (Å²) in [6, 6.07) is 0.892. The van der Waals surface area contributed by atoms with Gasteiger partial charge in [-0.3, -0.25) is 0 Å². The topological polar surface area (TPSA) is 15.3 Å². The molecule has 0 aromatic heterocycles. The molecule has 0 amide bonds. The Kier molecular flexibility index (Phi) is 5.79. The zero-order valence-corrected chi connectivity index (χ0v) is 11.6. The normalized spacial score (nSPS) is 25.9. The molecule has 2 aliphatic rings. The maximum Gasteiger partial charge on any atom is 0.00978 e. The van der Waals surface area contributed by atoms with E-state index in [0.717, 1.165) is 12.0 Å². The zero-order chi connectivity index (χ0) is 11.9. The fraction of sp³-hybridized carbons (Fsp3) is 1.00. The minimum absolute atomic E-state index is 0.892. The first-order valence-corrected chi connectivity index (χ1v) is 7.85. The summed E-state index contributed by atoms with van der Waals surface area (Å²) < 4.78 is 0. The first kappa shape index (κ1) is 13.4. The van der Waals surface area contributed by atoms with Crippen molar-refractivity contribution >= 4 is 0 Å². The van der Waals surface area contributed by atoms with Gasteiger partial charge in [0.1, 0.15) is 0 Å². The standard InChI is InChI=1S/C15H30N2/c1-2-6-15(17-11-4-3-5-12-17)13-14-7-9-16-10-8-14/h14-16H,2-13H2,1H3. The maximum atomic E-state index is 3.49. The first-order valence-electron chi connectivity index (χ1n) is 7.85. The van der Waals surface area contributed by atoms with Gasteiger partial charge < -0.3 is 10.2 Å². The number of nitrogens with zero attached hydrogens (tertiary/aromatic N) is 1. The van der Waals surface area contributed by atoms with Crippen LogP contribution in [0.25, 0.3) is 0 Å². The highest BCUT2D eigenvalue weighted by atomic mass is 15.2. The van der Waals surface area contributed by atoms with Gasteiger partial charge in [-0.25, -0.2) is 0 Å². The van der Waals surface area contributed by atoms with Gasteiger partial charge in [0, 0.05) is 6.04 Å². The van der Waals surface area contributed by atoms with Gasteiger partial charge in [-0.1, -0.05) is 19.8 Å². The van der Waals surface area contributed by atoms with Gasteiger partial charge in [-0.05, 0) is 70.6 Å². The average Bonchev–Trinajstić information content (AvgIpc) is 2.40. The molecule has 2 fully saturated rings. The number of hydrogen-bond donors (Lipinski definition) is 1. The zero-order valence-electron chi connectivity index (χ0n) is 11.6. The van der Waals surface area contributed by atoms with Gasteiger partial charge in [0.05, 0.1) is 0 Å². The summed E-state index contributed by atoms with van der Waals surface area (Å²) in [5.74, 6) is 0.995. The Morgan fingerprint density at radius 3 is 2.47 bits per heavy atom. The monoisotopic (exact) mass is 238 g/mol. The highest BCUT2D eigenvalue weighted by molar-refractivity contribution is 4.79. The van der Waals surface area contributed by atoms with Gasteiger partial charge in [-0.2, -0.15) is 0 Å². The summed E-state index contributed by atoms with van der Waals surface area (Å²) >= 11 is 0. The SMILES string of the molecule is CCCC(CC1CCNCC1)N1CCCCC1. The lowest BCUT2D eigenvalue weighted by Gasteiger charge is -2.37. The third-order valence-corrected chi connectivity index (χ3v) is 4.59. The van der Waals surface area contributed by atoms with Crippen molar-refractivity contribution < 1.29 is 0 Å². The van der Waals surface area contributed by atoms with E-state index < -0.39 is 0 Å². The predicted molar refractivity (Wildman–Crippen MR) is 74.3 cm³/mol. The van der Waals surface area contributed by atoms with Crippen molar-refractivity contribution in [2.75, 3.05) is 26.2 Å². The molecule has 0 bridgehead atoms. The largest absolute Gasteiger partial charge is 0.317 e. The molecule has 0 aliphatic carbocycles. The second kappa shape index (κ2) is 7.38. The second-order valence-corrected chi connectivity index (χ2v) is 5.97. The summed E-state index contributed by atoms with van der Waals surface area (Å²) in [5.41, 5.74) is 0. The van der Waals surface area contributed by atoms with E-state index >= 15 is 0 Å². The van der Waals surface area contributed by atoms with Crippen LogP contribution in [0.4, 0.5) is 0 Å². The average molecular weight is 238 g/mol. The number of piperidine rings is 2. The van der Waals surface area contributed by atoms with E-state index in [1.165, 1.54) is 77.5 Å². The molecule has 1 unspecified atom stereocenters. The molecule has 1 atom stereocenters. The number of nitrogens with one attached hydrogen (secondary N) is 1. The van der Waals surface area contributed by atoms with Crippen LogP contribution in [0, 0.1) is 5.92 Å². The van der Waals surface area contributed by atoms with E-state index in [1.807, 2.05) is 0 Å². The summed E-state index contributed by atoms with van der Waals surface area (Å²) in [4.78, 5) is 2.80. The molecule has 1 N–H and O–H groups in total. The summed E-state index contributed by atoms with van der Waals surface area (Å²) in [6.45, 7) is 7.59. The van der Waals surface area contributed by atoms with Crippen molar-refractivity contribution in [3.8, 4) is 0 Å². The number of rotatable bonds is 5. The second-order valence-electron chi connectivity index (χ2n) is 5.97. The van der Waals surface area contributed by atoms with Crippen molar-refractivity contribution in [1.29, 1.82) is 0 Å². The molecular formula is C15H30N2. The molecular weight excluding hydrogens is 208 g/mol. The van der Waals surface area contributed by atoms with Crippen molar-refractivity contribution in [2.45, 2.75) is 64.3 Å². The van der Waals surface area contributed by atoms with E-state index in [2.05, 4.69) is 17.1 Å². The molecule has 0 saturated carbocycles. The molecule has 2 saturated heterocycles. The fourth-order valence-electron chi connectivity index (χ4n) is 3.57. The van der Waals surface area contributed by atoms with Crippen molar-refractivity contribution in [3.05, 3.63) is 0 Å². The fourth-order valence-corrected chi connectivity index (χ4v) is 3.57. The van der Waals surface area contributed by atoms with Crippen molar-refractivity contribution in [1.82, 2.24) is 10.2 Å². The van der Waals surface area contributed by atoms with Crippen LogP contribution in [0.2, 0.25) is 0 Å². The lowest BCUT2D eigenvalue weighted by molar-refractivity contribution is 0.125. The minimum atomic E-state index is 0.892. The maximum absolute atomic E-state index is 3.49. The quantitative estimate of drug-likeness (QED) is 0.792. The van der Waals surface area contributed by atoms with Gasteiger partial charge >= 0.3 is 0 Å².